The zero-order valence-corrected chi connectivity index (χ0v) is 12.0. The number of benzene rings is 2. The van der Waals surface area contributed by atoms with Gasteiger partial charge in [0.15, 0.2) is 0 Å². The lowest BCUT2D eigenvalue weighted by Crippen LogP contribution is -2.13. The van der Waals surface area contributed by atoms with Crippen LogP contribution in [0.15, 0.2) is 47.4 Å². The molecule has 5 nitrogen and oxygen atoms in total. The average molecular weight is 330 g/mol. The van der Waals surface area contributed by atoms with Crippen molar-refractivity contribution in [3.8, 4) is 0 Å². The highest BCUT2D eigenvalue weighted by molar-refractivity contribution is 7.92. The third-order valence-electron chi connectivity index (χ3n) is 2.56. The predicted molar refractivity (Wildman–Crippen MR) is 75.6 cm³/mol. The maximum absolute atomic E-state index is 13.0. The van der Waals surface area contributed by atoms with E-state index in [0.717, 1.165) is 18.2 Å². The highest BCUT2D eigenvalue weighted by Gasteiger charge is 2.16. The number of hydrogen-bond donors (Lipinski definition) is 2. The maximum atomic E-state index is 13.0. The summed E-state index contributed by atoms with van der Waals surface area (Å²) in [5, 5.41) is 8.53. The van der Waals surface area contributed by atoms with Crippen LogP contribution in [0.3, 0.4) is 0 Å². The molecule has 0 unspecified atom stereocenters. The summed E-state index contributed by atoms with van der Waals surface area (Å²) in [6, 6.07) is 8.27. The van der Waals surface area contributed by atoms with Gasteiger partial charge in [-0.2, -0.15) is 0 Å². The van der Waals surface area contributed by atoms with Crippen molar-refractivity contribution < 1.29 is 22.7 Å². The van der Waals surface area contributed by atoms with E-state index in [1.165, 1.54) is 24.3 Å². The van der Waals surface area contributed by atoms with E-state index in [1.54, 1.807) is 0 Å². The quantitative estimate of drug-likeness (QED) is 0.903. The number of aromatic carboxylic acids is 1. The first kappa shape index (κ1) is 15.3. The van der Waals surface area contributed by atoms with Crippen molar-refractivity contribution in [1.82, 2.24) is 0 Å². The van der Waals surface area contributed by atoms with E-state index in [-0.39, 0.29) is 21.2 Å². The molecule has 0 aliphatic carbocycles. The van der Waals surface area contributed by atoms with Gasteiger partial charge in [-0.05, 0) is 36.4 Å². The fraction of sp³-hybridized carbons (Fsp3) is 0. The van der Waals surface area contributed by atoms with Crippen molar-refractivity contribution in [2.75, 3.05) is 4.72 Å². The van der Waals surface area contributed by atoms with Gasteiger partial charge in [-0.3, -0.25) is 4.72 Å². The number of hydrogen-bond acceptors (Lipinski definition) is 3. The lowest BCUT2D eigenvalue weighted by Gasteiger charge is -2.09. The number of carboxylic acid groups (broad SMARTS) is 1. The van der Waals surface area contributed by atoms with Gasteiger partial charge in [-0.25, -0.2) is 17.6 Å². The molecule has 0 aliphatic heterocycles. The van der Waals surface area contributed by atoms with Crippen molar-refractivity contribution in [2.24, 2.45) is 0 Å². The number of sulfonamides is 1. The van der Waals surface area contributed by atoms with Crippen molar-refractivity contribution in [3.63, 3.8) is 0 Å². The SMILES string of the molecule is O=C(O)c1cccc(NS(=O)(=O)c2ccc(F)c(Cl)c2)c1. The molecule has 2 aromatic carbocycles. The molecule has 21 heavy (non-hydrogen) atoms. The van der Waals surface area contributed by atoms with Crippen LogP contribution in [0.25, 0.3) is 0 Å². The van der Waals surface area contributed by atoms with Crippen molar-refractivity contribution >= 4 is 33.3 Å². The summed E-state index contributed by atoms with van der Waals surface area (Å²) >= 11 is 5.54. The van der Waals surface area contributed by atoms with Gasteiger partial charge in [0, 0.05) is 5.69 Å². The molecule has 0 atom stereocenters. The Morgan fingerprint density at radius 3 is 2.52 bits per heavy atom. The predicted octanol–water partition coefficient (Wildman–Crippen LogP) is 2.98. The van der Waals surface area contributed by atoms with E-state index in [9.17, 15) is 17.6 Å². The van der Waals surface area contributed by atoms with Gasteiger partial charge in [-0.1, -0.05) is 17.7 Å². The first-order valence-electron chi connectivity index (χ1n) is 5.61. The van der Waals surface area contributed by atoms with E-state index in [0.29, 0.717) is 0 Å². The molecule has 2 aromatic rings. The van der Waals surface area contributed by atoms with Gasteiger partial charge in [0.1, 0.15) is 5.82 Å². The molecule has 110 valence electrons. The third-order valence-corrected chi connectivity index (χ3v) is 4.23. The smallest absolute Gasteiger partial charge is 0.335 e. The summed E-state index contributed by atoms with van der Waals surface area (Å²) in [7, 11) is -3.99. The minimum atomic E-state index is -3.99. The van der Waals surface area contributed by atoms with Crippen molar-refractivity contribution in [1.29, 1.82) is 0 Å². The van der Waals surface area contributed by atoms with Crippen LogP contribution in [-0.4, -0.2) is 19.5 Å². The molecular formula is C13H9ClFNO4S. The van der Waals surface area contributed by atoms with Crippen LogP contribution >= 0.6 is 11.6 Å². The molecule has 0 aliphatic rings. The minimum Gasteiger partial charge on any atom is -0.478 e. The van der Waals surface area contributed by atoms with Crippen LogP contribution in [0.2, 0.25) is 5.02 Å². The number of halogens is 2. The molecule has 0 fully saturated rings. The van der Waals surface area contributed by atoms with E-state index >= 15 is 0 Å². The Morgan fingerprint density at radius 2 is 1.90 bits per heavy atom. The van der Waals surface area contributed by atoms with Crippen molar-refractivity contribution in [3.05, 3.63) is 58.9 Å². The Labute approximate surface area is 125 Å². The van der Waals surface area contributed by atoms with E-state index in [2.05, 4.69) is 4.72 Å². The fourth-order valence-corrected chi connectivity index (χ4v) is 2.89. The number of rotatable bonds is 4. The summed E-state index contributed by atoms with van der Waals surface area (Å²) in [5.41, 5.74) is 0.0164. The summed E-state index contributed by atoms with van der Waals surface area (Å²) in [5.74, 6) is -1.91. The molecule has 2 N–H and O–H groups in total. The first-order valence-corrected chi connectivity index (χ1v) is 7.47. The van der Waals surface area contributed by atoms with E-state index < -0.39 is 21.8 Å². The highest BCUT2D eigenvalue weighted by Crippen LogP contribution is 2.22. The lowest BCUT2D eigenvalue weighted by molar-refractivity contribution is 0.0697. The molecule has 0 saturated heterocycles. The molecule has 0 heterocycles. The van der Waals surface area contributed by atoms with Crippen molar-refractivity contribution in [2.45, 2.75) is 4.90 Å². The van der Waals surface area contributed by atoms with Gasteiger partial charge in [-0.15, -0.1) is 0 Å². The van der Waals surface area contributed by atoms with E-state index in [4.69, 9.17) is 16.7 Å². The molecule has 0 aromatic heterocycles. The maximum Gasteiger partial charge on any atom is 0.335 e. The Morgan fingerprint density at radius 1 is 1.19 bits per heavy atom. The Bertz CT molecular complexity index is 808. The summed E-state index contributed by atoms with van der Waals surface area (Å²) in [6.45, 7) is 0. The summed E-state index contributed by atoms with van der Waals surface area (Å²) < 4.78 is 39.5. The Balaban J connectivity index is 2.35. The lowest BCUT2D eigenvalue weighted by atomic mass is 10.2. The fourth-order valence-electron chi connectivity index (χ4n) is 1.57. The molecule has 0 spiro atoms. The second kappa shape index (κ2) is 5.71. The standard InChI is InChI=1S/C13H9ClFNO4S/c14-11-7-10(4-5-12(11)15)21(19,20)16-9-3-1-2-8(6-9)13(17)18/h1-7,16H,(H,17,18). The van der Waals surface area contributed by atoms with Gasteiger partial charge < -0.3 is 5.11 Å². The largest absolute Gasteiger partial charge is 0.478 e. The van der Waals surface area contributed by atoms with Gasteiger partial charge in [0.25, 0.3) is 10.0 Å². The number of carbonyl (C=O) groups is 1. The summed E-state index contributed by atoms with van der Waals surface area (Å²) in [4.78, 5) is 10.6. The van der Waals surface area contributed by atoms with Crippen LogP contribution in [-0.2, 0) is 10.0 Å². The highest BCUT2D eigenvalue weighted by atomic mass is 35.5. The topological polar surface area (TPSA) is 83.5 Å². The zero-order valence-electron chi connectivity index (χ0n) is 10.4. The molecule has 0 amide bonds. The van der Waals surface area contributed by atoms with Gasteiger partial charge in [0.05, 0.1) is 15.5 Å². The first-order chi connectivity index (χ1) is 9.79. The van der Waals surface area contributed by atoms with Crippen LogP contribution in [0.5, 0.6) is 0 Å². The molecular weight excluding hydrogens is 321 g/mol. The Hall–Kier alpha value is -2.12. The second-order valence-electron chi connectivity index (χ2n) is 4.07. The Kier molecular flexibility index (Phi) is 4.15. The van der Waals surface area contributed by atoms with Gasteiger partial charge in [0.2, 0.25) is 0 Å². The number of anilines is 1. The number of carboxylic acids is 1. The van der Waals surface area contributed by atoms with Crippen LogP contribution in [0, 0.1) is 5.82 Å². The average Bonchev–Trinajstić information content (AvgIpc) is 2.41. The van der Waals surface area contributed by atoms with Crippen LogP contribution in [0.4, 0.5) is 10.1 Å². The van der Waals surface area contributed by atoms with Crippen LogP contribution in [0.1, 0.15) is 10.4 Å². The van der Waals surface area contributed by atoms with Crippen LogP contribution < -0.4 is 4.72 Å². The molecule has 2 rings (SSSR count). The van der Waals surface area contributed by atoms with Gasteiger partial charge >= 0.3 is 5.97 Å². The van der Waals surface area contributed by atoms with E-state index in [1.807, 2.05) is 0 Å². The molecule has 8 heteroatoms. The third kappa shape index (κ3) is 3.50. The summed E-state index contributed by atoms with van der Waals surface area (Å²) in [6.07, 6.45) is 0. The number of nitrogens with one attached hydrogen (secondary N) is 1. The molecule has 0 radical (unpaired) electrons. The molecule has 0 saturated carbocycles. The monoisotopic (exact) mass is 329 g/mol. The normalized spacial score (nSPS) is 11.1. The zero-order chi connectivity index (χ0) is 15.6. The minimum absolute atomic E-state index is 0.0626. The molecule has 0 bridgehead atoms. The second-order valence-corrected chi connectivity index (χ2v) is 6.16.